The Morgan fingerprint density at radius 1 is 0.402 bits per heavy atom. The summed E-state index contributed by atoms with van der Waals surface area (Å²) in [5, 5.41) is 121. The second kappa shape index (κ2) is 54.3. The van der Waals surface area contributed by atoms with Crippen LogP contribution in [-0.4, -0.2) is 193 Å². The van der Waals surface area contributed by atoms with E-state index < -0.39 is 124 Å². The van der Waals surface area contributed by atoms with Crippen molar-refractivity contribution in [1.29, 1.82) is 0 Å². The van der Waals surface area contributed by atoms with Crippen molar-refractivity contribution in [2.24, 2.45) is 0 Å². The molecule has 17 unspecified atom stereocenters. The third-order valence-corrected chi connectivity index (χ3v) is 17.8. The summed E-state index contributed by atoms with van der Waals surface area (Å²) >= 11 is 0. The highest BCUT2D eigenvalue weighted by Gasteiger charge is 2.53. The van der Waals surface area contributed by atoms with Crippen LogP contribution in [0.4, 0.5) is 0 Å². The van der Waals surface area contributed by atoms with E-state index in [0.717, 1.165) is 89.9 Å². The second-order valence-corrected chi connectivity index (χ2v) is 25.7. The number of nitrogens with one attached hydrogen (secondary N) is 1. The molecule has 0 aliphatic carbocycles. The van der Waals surface area contributed by atoms with Crippen LogP contribution in [0.5, 0.6) is 0 Å². The van der Waals surface area contributed by atoms with Gasteiger partial charge in [0.25, 0.3) is 0 Å². The van der Waals surface area contributed by atoms with Crippen LogP contribution in [0.2, 0.25) is 0 Å². The van der Waals surface area contributed by atoms with Crippen molar-refractivity contribution in [2.45, 2.75) is 356 Å². The summed E-state index contributed by atoms with van der Waals surface area (Å²) < 4.78 is 34.4. The molecule has 19 heteroatoms. The SMILES string of the molecule is CC/C=C\C/C=C\C/C=C\C/C=C\C/C=C\CCCCCCCC(=O)NC(COC1OC(CO)C(OC2OC(CO)C(OC3OC(CO)C(O)C(O)C3O)C(O)C2O)C(O)C1O)C(O)/C=C/CCCCCCCCCCCCCCCCCCCCCCCCCC. The van der Waals surface area contributed by atoms with Gasteiger partial charge in [0, 0.05) is 6.42 Å². The Kier molecular flexibility index (Phi) is 49.2. The van der Waals surface area contributed by atoms with Gasteiger partial charge in [-0.15, -0.1) is 0 Å². The van der Waals surface area contributed by atoms with Crippen molar-refractivity contribution in [3.63, 3.8) is 0 Å². The minimum absolute atomic E-state index is 0.218. The van der Waals surface area contributed by atoms with Crippen molar-refractivity contribution in [3.05, 3.63) is 72.9 Å². The van der Waals surface area contributed by atoms with Gasteiger partial charge in [-0.2, -0.15) is 0 Å². The summed E-state index contributed by atoms with van der Waals surface area (Å²) in [6.45, 7) is 1.62. The van der Waals surface area contributed by atoms with Crippen LogP contribution >= 0.6 is 0 Å². The van der Waals surface area contributed by atoms with Crippen LogP contribution in [0.1, 0.15) is 251 Å². The Balaban J connectivity index is 1.44. The average molecular weight is 1310 g/mol. The molecule has 0 spiro atoms. The van der Waals surface area contributed by atoms with Crippen molar-refractivity contribution >= 4 is 5.91 Å². The van der Waals surface area contributed by atoms with Gasteiger partial charge in [0.15, 0.2) is 18.9 Å². The van der Waals surface area contributed by atoms with E-state index in [9.17, 15) is 61.0 Å². The molecule has 1 amide bonds. The van der Waals surface area contributed by atoms with Gasteiger partial charge in [0.1, 0.15) is 73.2 Å². The van der Waals surface area contributed by atoms with Gasteiger partial charge < -0.3 is 89.9 Å². The second-order valence-electron chi connectivity index (χ2n) is 25.7. The fourth-order valence-electron chi connectivity index (χ4n) is 11.9. The minimum Gasteiger partial charge on any atom is -0.394 e. The molecule has 17 atom stereocenters. The molecule has 3 saturated heterocycles. The molecular weight excluding hydrogens is 1180 g/mol. The minimum atomic E-state index is -1.98. The summed E-state index contributed by atoms with van der Waals surface area (Å²) in [4.78, 5) is 13.4. The molecule has 19 nitrogen and oxygen atoms in total. The molecule has 534 valence electrons. The molecule has 0 radical (unpaired) electrons. The third-order valence-electron chi connectivity index (χ3n) is 17.8. The Morgan fingerprint density at radius 2 is 0.750 bits per heavy atom. The molecule has 3 aliphatic heterocycles. The molecule has 0 aromatic heterocycles. The highest BCUT2D eigenvalue weighted by atomic mass is 16.8. The lowest BCUT2D eigenvalue weighted by molar-refractivity contribution is -0.379. The van der Waals surface area contributed by atoms with E-state index in [2.05, 4.69) is 79.9 Å². The van der Waals surface area contributed by atoms with Crippen molar-refractivity contribution in [3.8, 4) is 0 Å². The Labute approximate surface area is 553 Å². The van der Waals surface area contributed by atoms with E-state index in [1.807, 2.05) is 6.08 Å². The number of rotatable bonds is 55. The number of unbranched alkanes of at least 4 members (excludes halogenated alkanes) is 29. The van der Waals surface area contributed by atoms with E-state index in [1.54, 1.807) is 6.08 Å². The summed E-state index contributed by atoms with van der Waals surface area (Å²) in [7, 11) is 0. The first-order valence-corrected chi connectivity index (χ1v) is 36.2. The van der Waals surface area contributed by atoms with Crippen LogP contribution in [0.15, 0.2) is 72.9 Å². The van der Waals surface area contributed by atoms with E-state index in [1.165, 1.54) is 135 Å². The number of hydrogen-bond donors (Lipinski definition) is 12. The molecule has 92 heavy (non-hydrogen) atoms. The lowest BCUT2D eigenvalue weighted by Gasteiger charge is -2.48. The summed E-state index contributed by atoms with van der Waals surface area (Å²) in [5.74, 6) is -0.295. The Bertz CT molecular complexity index is 1950. The predicted molar refractivity (Wildman–Crippen MR) is 360 cm³/mol. The summed E-state index contributed by atoms with van der Waals surface area (Å²) in [6.07, 6.45) is 41.6. The maximum atomic E-state index is 13.4. The highest BCUT2D eigenvalue weighted by molar-refractivity contribution is 5.76. The quantitative estimate of drug-likeness (QED) is 0.0199. The number of carbonyl (C=O) groups is 1. The van der Waals surface area contributed by atoms with Crippen LogP contribution in [0, 0.1) is 0 Å². The molecule has 0 bridgehead atoms. The van der Waals surface area contributed by atoms with Gasteiger partial charge in [0.2, 0.25) is 5.91 Å². The Morgan fingerprint density at radius 3 is 1.17 bits per heavy atom. The number of hydrogen-bond acceptors (Lipinski definition) is 18. The van der Waals surface area contributed by atoms with Gasteiger partial charge in [-0.3, -0.25) is 4.79 Å². The van der Waals surface area contributed by atoms with Gasteiger partial charge in [-0.1, -0.05) is 254 Å². The number of carbonyl (C=O) groups excluding carboxylic acids is 1. The van der Waals surface area contributed by atoms with Gasteiger partial charge in [-0.05, 0) is 64.2 Å². The molecule has 3 aliphatic rings. The van der Waals surface area contributed by atoms with Crippen molar-refractivity contribution in [1.82, 2.24) is 5.32 Å². The fourth-order valence-corrected chi connectivity index (χ4v) is 11.9. The van der Waals surface area contributed by atoms with Gasteiger partial charge in [0.05, 0.1) is 38.6 Å². The average Bonchev–Trinajstić information content (AvgIpc) is 0.838. The van der Waals surface area contributed by atoms with Gasteiger partial charge in [-0.25, -0.2) is 0 Å². The van der Waals surface area contributed by atoms with Crippen LogP contribution < -0.4 is 5.32 Å². The van der Waals surface area contributed by atoms with Crippen molar-refractivity contribution in [2.75, 3.05) is 26.4 Å². The number of aliphatic hydroxyl groups excluding tert-OH is 11. The van der Waals surface area contributed by atoms with Crippen LogP contribution in [0.3, 0.4) is 0 Å². The molecule has 3 fully saturated rings. The maximum absolute atomic E-state index is 13.4. The largest absolute Gasteiger partial charge is 0.394 e. The molecule has 0 saturated carbocycles. The zero-order valence-electron chi connectivity index (χ0n) is 56.5. The van der Waals surface area contributed by atoms with E-state index in [-0.39, 0.29) is 18.9 Å². The zero-order valence-corrected chi connectivity index (χ0v) is 56.5. The molecule has 3 heterocycles. The first-order valence-electron chi connectivity index (χ1n) is 36.2. The van der Waals surface area contributed by atoms with E-state index in [0.29, 0.717) is 6.42 Å². The maximum Gasteiger partial charge on any atom is 0.220 e. The zero-order chi connectivity index (χ0) is 66.8. The van der Waals surface area contributed by atoms with Gasteiger partial charge >= 0.3 is 0 Å². The molecule has 3 rings (SSSR count). The molecule has 0 aromatic carbocycles. The number of amides is 1. The number of ether oxygens (including phenoxy) is 6. The molecule has 12 N–H and O–H groups in total. The highest BCUT2D eigenvalue weighted by Crippen LogP contribution is 2.33. The first-order chi connectivity index (χ1) is 44.8. The van der Waals surface area contributed by atoms with Crippen LogP contribution in [0.25, 0.3) is 0 Å². The lowest BCUT2D eigenvalue weighted by atomic mass is 9.96. The fraction of sp³-hybridized carbons (Fsp3) is 0.822. The molecule has 0 aromatic rings. The monoisotopic (exact) mass is 1310 g/mol. The molecular formula is C73H129NO18. The first kappa shape index (κ1) is 83.5. The van der Waals surface area contributed by atoms with E-state index >= 15 is 0 Å². The van der Waals surface area contributed by atoms with Crippen molar-refractivity contribution < 1.29 is 89.4 Å². The Hall–Kier alpha value is -2.77. The number of aliphatic hydroxyl groups is 11. The third kappa shape index (κ3) is 35.5. The predicted octanol–water partition coefficient (Wildman–Crippen LogP) is 10.1. The number of allylic oxidation sites excluding steroid dienone is 11. The topological polar surface area (TPSA) is 307 Å². The lowest BCUT2D eigenvalue weighted by Crippen LogP contribution is -2.66. The normalized spacial score (nSPS) is 28.1. The summed E-state index contributed by atoms with van der Waals surface area (Å²) in [5.41, 5.74) is 0. The smallest absolute Gasteiger partial charge is 0.220 e. The van der Waals surface area contributed by atoms with Crippen LogP contribution in [-0.2, 0) is 33.2 Å². The van der Waals surface area contributed by atoms with E-state index in [4.69, 9.17) is 28.4 Å². The standard InChI is InChI=1S/C73H129NO18/c1-3-5-7-9-11-13-15-17-19-21-23-25-26-27-28-29-31-32-34-36-38-40-42-44-46-48-50-57(78)56(74-61(79)51-49-47-45-43-41-39-37-35-33-30-24-22-20-18-16-14-12-10-8-6-4-2)55-87-71-67(85)64(82)69(59(53-76)89-71)92-73-68(86)65(83)70(60(54-77)90-73)91-72-66(84)63(81)62(80)58(52-75)88-72/h6,8,12,14,18,20,24,30,35,37,48,50,56-60,62-73,75-78,80-86H,3-5,7,9-11,13,15-17,19,21-23,25-29,31-34,36,38-47,49,51-55H2,1-2H3,(H,74,79)/b8-6-,14-12-,20-18-,30-24-,37-35-,50-48+. The summed E-state index contributed by atoms with van der Waals surface area (Å²) in [6, 6.07) is -0.989.